The molecule has 0 spiro atoms. The molecule has 0 aliphatic heterocycles. The lowest BCUT2D eigenvalue weighted by molar-refractivity contribution is 0.0934. The average molecular weight is 208 g/mol. The fourth-order valence-corrected chi connectivity index (χ4v) is 1.70. The van der Waals surface area contributed by atoms with Crippen LogP contribution in [-0.2, 0) is 7.05 Å². The molecular weight excluding hydrogens is 192 g/mol. The number of aromatic nitrogens is 2. The third kappa shape index (κ3) is 2.11. The van der Waals surface area contributed by atoms with E-state index in [4.69, 9.17) is 5.73 Å². The van der Waals surface area contributed by atoms with Crippen LogP contribution in [-0.4, -0.2) is 22.2 Å². The molecule has 1 amide bonds. The van der Waals surface area contributed by atoms with Crippen LogP contribution >= 0.6 is 0 Å². The van der Waals surface area contributed by atoms with E-state index in [9.17, 15) is 4.79 Å². The van der Waals surface area contributed by atoms with Gasteiger partial charge in [-0.2, -0.15) is 5.10 Å². The van der Waals surface area contributed by atoms with Crippen molar-refractivity contribution in [2.75, 3.05) is 12.3 Å². The van der Waals surface area contributed by atoms with Crippen LogP contribution in [0.5, 0.6) is 0 Å². The third-order valence-electron chi connectivity index (χ3n) is 2.85. The first-order valence-corrected chi connectivity index (χ1v) is 5.24. The van der Waals surface area contributed by atoms with E-state index in [0.29, 0.717) is 17.3 Å². The van der Waals surface area contributed by atoms with Crippen LogP contribution in [0.3, 0.4) is 0 Å². The first-order chi connectivity index (χ1) is 7.16. The van der Waals surface area contributed by atoms with Gasteiger partial charge in [-0.05, 0) is 18.8 Å². The summed E-state index contributed by atoms with van der Waals surface area (Å²) in [5.41, 5.74) is 6.42. The summed E-state index contributed by atoms with van der Waals surface area (Å²) < 4.78 is 1.55. The summed E-state index contributed by atoms with van der Waals surface area (Å²) in [5.74, 6) is 0.485. The first kappa shape index (κ1) is 10.0. The Labute approximate surface area is 88.6 Å². The molecule has 1 aromatic heterocycles. The zero-order valence-corrected chi connectivity index (χ0v) is 8.86. The summed E-state index contributed by atoms with van der Waals surface area (Å²) in [7, 11) is 1.75. The minimum absolute atomic E-state index is 0.167. The van der Waals surface area contributed by atoms with Crippen LogP contribution in [0.2, 0.25) is 0 Å². The van der Waals surface area contributed by atoms with Gasteiger partial charge >= 0.3 is 0 Å². The van der Waals surface area contributed by atoms with Gasteiger partial charge in [-0.1, -0.05) is 6.42 Å². The quantitative estimate of drug-likeness (QED) is 0.761. The van der Waals surface area contributed by atoms with Gasteiger partial charge in [0.2, 0.25) is 0 Å². The molecule has 0 atom stereocenters. The lowest BCUT2D eigenvalue weighted by atomic mass is 9.85. The van der Waals surface area contributed by atoms with Crippen molar-refractivity contribution in [3.05, 3.63) is 11.9 Å². The van der Waals surface area contributed by atoms with Gasteiger partial charge in [0.1, 0.15) is 0 Å². The molecule has 5 heteroatoms. The molecule has 1 aromatic rings. The van der Waals surface area contributed by atoms with Gasteiger partial charge in [-0.3, -0.25) is 9.48 Å². The fraction of sp³-hybridized carbons (Fsp3) is 0.600. The Morgan fingerprint density at radius 1 is 1.73 bits per heavy atom. The number of hydrogen-bond donors (Lipinski definition) is 2. The van der Waals surface area contributed by atoms with Crippen LogP contribution in [0.15, 0.2) is 6.20 Å². The molecular formula is C10H16N4O. The molecule has 15 heavy (non-hydrogen) atoms. The monoisotopic (exact) mass is 208 g/mol. The Morgan fingerprint density at radius 2 is 2.47 bits per heavy atom. The van der Waals surface area contributed by atoms with Crippen molar-refractivity contribution in [2.45, 2.75) is 19.3 Å². The van der Waals surface area contributed by atoms with E-state index < -0.39 is 0 Å². The Morgan fingerprint density at radius 3 is 2.93 bits per heavy atom. The molecule has 3 N–H and O–H groups in total. The number of rotatable bonds is 3. The Hall–Kier alpha value is -1.52. The lowest BCUT2D eigenvalue weighted by Gasteiger charge is -2.25. The molecule has 0 unspecified atom stereocenters. The maximum atomic E-state index is 11.7. The van der Waals surface area contributed by atoms with Crippen molar-refractivity contribution in [3.63, 3.8) is 0 Å². The largest absolute Gasteiger partial charge is 0.396 e. The number of nitrogens with zero attached hydrogens (tertiary/aromatic N) is 2. The van der Waals surface area contributed by atoms with Gasteiger partial charge in [-0.15, -0.1) is 0 Å². The number of nitrogen functional groups attached to an aromatic ring is 1. The normalized spacial score (nSPS) is 16.1. The van der Waals surface area contributed by atoms with E-state index in [-0.39, 0.29) is 5.91 Å². The molecule has 1 heterocycles. The van der Waals surface area contributed by atoms with E-state index in [2.05, 4.69) is 10.4 Å². The van der Waals surface area contributed by atoms with Gasteiger partial charge in [0.05, 0.1) is 5.69 Å². The number of anilines is 1. The van der Waals surface area contributed by atoms with Crippen LogP contribution in [0.4, 0.5) is 5.69 Å². The van der Waals surface area contributed by atoms with Crippen molar-refractivity contribution >= 4 is 11.6 Å². The van der Waals surface area contributed by atoms with Gasteiger partial charge in [0.15, 0.2) is 5.69 Å². The first-order valence-electron chi connectivity index (χ1n) is 5.24. The van der Waals surface area contributed by atoms with E-state index >= 15 is 0 Å². The maximum Gasteiger partial charge on any atom is 0.273 e. The number of aryl methyl sites for hydroxylation is 1. The molecule has 82 valence electrons. The van der Waals surface area contributed by atoms with E-state index in [1.165, 1.54) is 19.3 Å². The second-order valence-corrected chi connectivity index (χ2v) is 4.11. The van der Waals surface area contributed by atoms with E-state index in [0.717, 1.165) is 6.54 Å². The molecule has 5 nitrogen and oxygen atoms in total. The van der Waals surface area contributed by atoms with Gasteiger partial charge < -0.3 is 11.1 Å². The highest BCUT2D eigenvalue weighted by Crippen LogP contribution is 2.25. The minimum atomic E-state index is -0.167. The standard InChI is InChI=1S/C10H16N4O/c1-14-6-8(11)9(13-14)10(15)12-5-7-3-2-4-7/h6-7H,2-5,11H2,1H3,(H,12,15). The SMILES string of the molecule is Cn1cc(N)c(C(=O)NCC2CCC2)n1. The number of nitrogens with two attached hydrogens (primary N) is 1. The Balaban J connectivity index is 1.92. The minimum Gasteiger partial charge on any atom is -0.396 e. The molecule has 1 saturated carbocycles. The maximum absolute atomic E-state index is 11.7. The smallest absolute Gasteiger partial charge is 0.273 e. The van der Waals surface area contributed by atoms with E-state index in [1.54, 1.807) is 17.9 Å². The van der Waals surface area contributed by atoms with Crippen molar-refractivity contribution in [3.8, 4) is 0 Å². The second-order valence-electron chi connectivity index (χ2n) is 4.11. The van der Waals surface area contributed by atoms with Crippen molar-refractivity contribution in [1.82, 2.24) is 15.1 Å². The van der Waals surface area contributed by atoms with Crippen LogP contribution in [0.1, 0.15) is 29.8 Å². The highest BCUT2D eigenvalue weighted by molar-refractivity contribution is 5.96. The summed E-state index contributed by atoms with van der Waals surface area (Å²) in [5, 5.41) is 6.87. The lowest BCUT2D eigenvalue weighted by Crippen LogP contribution is -2.32. The third-order valence-corrected chi connectivity index (χ3v) is 2.85. The van der Waals surface area contributed by atoms with Crippen molar-refractivity contribution < 1.29 is 4.79 Å². The highest BCUT2D eigenvalue weighted by atomic mass is 16.1. The molecule has 2 rings (SSSR count). The molecule has 1 fully saturated rings. The number of amides is 1. The second kappa shape index (κ2) is 3.92. The Kier molecular flexibility index (Phi) is 2.62. The number of nitrogens with one attached hydrogen (secondary N) is 1. The topological polar surface area (TPSA) is 72.9 Å². The molecule has 0 radical (unpaired) electrons. The summed E-state index contributed by atoms with van der Waals surface area (Å²) in [6.07, 6.45) is 5.36. The molecule has 0 aromatic carbocycles. The van der Waals surface area contributed by atoms with E-state index in [1.807, 2.05) is 0 Å². The van der Waals surface area contributed by atoms with Gasteiger partial charge in [-0.25, -0.2) is 0 Å². The summed E-state index contributed by atoms with van der Waals surface area (Å²) in [6.45, 7) is 0.745. The zero-order chi connectivity index (χ0) is 10.8. The molecule has 1 aliphatic carbocycles. The predicted molar refractivity (Wildman–Crippen MR) is 57.3 cm³/mol. The number of carbonyl (C=O) groups excluding carboxylic acids is 1. The molecule has 0 bridgehead atoms. The van der Waals surface area contributed by atoms with Gasteiger partial charge in [0.25, 0.3) is 5.91 Å². The molecule has 1 aliphatic rings. The number of hydrogen-bond acceptors (Lipinski definition) is 3. The zero-order valence-electron chi connectivity index (χ0n) is 8.86. The predicted octanol–water partition coefficient (Wildman–Crippen LogP) is 0.532. The Bertz CT molecular complexity index is 367. The van der Waals surface area contributed by atoms with Crippen LogP contribution < -0.4 is 11.1 Å². The van der Waals surface area contributed by atoms with Crippen LogP contribution in [0.25, 0.3) is 0 Å². The summed E-state index contributed by atoms with van der Waals surface area (Å²) >= 11 is 0. The summed E-state index contributed by atoms with van der Waals surface area (Å²) in [6, 6.07) is 0. The average Bonchev–Trinajstić information content (AvgIpc) is 2.42. The van der Waals surface area contributed by atoms with Gasteiger partial charge in [0, 0.05) is 19.8 Å². The number of carbonyl (C=O) groups is 1. The molecule has 0 saturated heterocycles. The van der Waals surface area contributed by atoms with Crippen molar-refractivity contribution in [2.24, 2.45) is 13.0 Å². The van der Waals surface area contributed by atoms with Crippen LogP contribution in [0, 0.1) is 5.92 Å². The van der Waals surface area contributed by atoms with Crippen molar-refractivity contribution in [1.29, 1.82) is 0 Å². The summed E-state index contributed by atoms with van der Waals surface area (Å²) in [4.78, 5) is 11.7. The fourth-order valence-electron chi connectivity index (χ4n) is 1.70. The highest BCUT2D eigenvalue weighted by Gasteiger charge is 2.20.